The molecule has 0 saturated carbocycles. The minimum atomic E-state index is -1.02. The molecule has 7 heteroatoms. The molecule has 1 aromatic carbocycles. The number of amides is 1. The van der Waals surface area contributed by atoms with Crippen molar-refractivity contribution in [1.82, 2.24) is 5.32 Å². The molecule has 1 amide bonds. The van der Waals surface area contributed by atoms with Crippen LogP contribution in [0.25, 0.3) is 0 Å². The van der Waals surface area contributed by atoms with Crippen LogP contribution in [-0.2, 0) is 11.2 Å². The Morgan fingerprint density at radius 2 is 2.17 bits per heavy atom. The first-order chi connectivity index (χ1) is 10.7. The molecule has 0 aliphatic rings. The molecule has 0 radical (unpaired) electrons. The second-order valence-corrected chi connectivity index (χ2v) is 5.72. The fourth-order valence-corrected chi connectivity index (χ4v) is 1.82. The molecule has 124 valence electrons. The van der Waals surface area contributed by atoms with Gasteiger partial charge in [-0.2, -0.15) is 5.26 Å². The van der Waals surface area contributed by atoms with Gasteiger partial charge in [0.05, 0.1) is 11.0 Å². The smallest absolute Gasteiger partial charge is 0.311 e. The van der Waals surface area contributed by atoms with E-state index in [1.54, 1.807) is 13.0 Å². The lowest BCUT2D eigenvalue weighted by Crippen LogP contribution is -2.50. The first-order valence-corrected chi connectivity index (χ1v) is 7.35. The van der Waals surface area contributed by atoms with E-state index in [-0.39, 0.29) is 17.4 Å². The van der Waals surface area contributed by atoms with Crippen LogP contribution in [0.5, 0.6) is 5.75 Å². The predicted octanol–water partition coefficient (Wildman–Crippen LogP) is 2.59. The average Bonchev–Trinajstić information content (AvgIpc) is 2.52. The van der Waals surface area contributed by atoms with E-state index in [1.807, 2.05) is 20.8 Å². The highest BCUT2D eigenvalue weighted by atomic mass is 16.6. The van der Waals surface area contributed by atoms with Gasteiger partial charge in [-0.1, -0.05) is 26.8 Å². The number of carbonyl (C=O) groups excluding carboxylic acids is 1. The van der Waals surface area contributed by atoms with Crippen LogP contribution in [-0.4, -0.2) is 23.0 Å². The zero-order valence-electron chi connectivity index (χ0n) is 13.8. The van der Waals surface area contributed by atoms with E-state index in [0.717, 1.165) is 5.56 Å². The van der Waals surface area contributed by atoms with Crippen LogP contribution in [0.4, 0.5) is 5.69 Å². The van der Waals surface area contributed by atoms with Crippen LogP contribution >= 0.6 is 0 Å². The van der Waals surface area contributed by atoms with Gasteiger partial charge >= 0.3 is 5.69 Å². The Morgan fingerprint density at radius 3 is 2.65 bits per heavy atom. The molecule has 0 saturated heterocycles. The molecule has 0 heterocycles. The number of rotatable bonds is 7. The van der Waals surface area contributed by atoms with Gasteiger partial charge in [0.2, 0.25) is 0 Å². The van der Waals surface area contributed by atoms with Gasteiger partial charge in [0.15, 0.2) is 12.4 Å². The van der Waals surface area contributed by atoms with E-state index < -0.39 is 23.0 Å². The Bertz CT molecular complexity index is 637. The second kappa shape index (κ2) is 7.58. The maximum atomic E-state index is 11.9. The Hall–Kier alpha value is -2.62. The number of carbonyl (C=O) groups is 1. The summed E-state index contributed by atoms with van der Waals surface area (Å²) >= 11 is 0. The minimum absolute atomic E-state index is 0.0329. The van der Waals surface area contributed by atoms with Gasteiger partial charge in [-0.3, -0.25) is 14.9 Å². The standard InChI is InChI=1S/C16H21N3O4/c1-5-12-6-7-14(13(8-12)19(21)22)23-9-15(20)18-16(4,10-17)11(2)3/h6-8,11H,5,9H2,1-4H3,(H,18,20)/t16-/m0/s1. The Labute approximate surface area is 135 Å². The maximum Gasteiger partial charge on any atom is 0.311 e. The number of nitrogens with one attached hydrogen (secondary N) is 1. The van der Waals surface area contributed by atoms with Crippen LogP contribution in [0.2, 0.25) is 0 Å². The Morgan fingerprint density at radius 1 is 1.52 bits per heavy atom. The number of ether oxygens (including phenoxy) is 1. The number of hydrogen-bond donors (Lipinski definition) is 1. The third kappa shape index (κ3) is 4.68. The van der Waals surface area contributed by atoms with E-state index in [4.69, 9.17) is 10.00 Å². The molecular weight excluding hydrogens is 298 g/mol. The number of hydrogen-bond acceptors (Lipinski definition) is 5. The minimum Gasteiger partial charge on any atom is -0.477 e. The summed E-state index contributed by atoms with van der Waals surface area (Å²) in [6.07, 6.45) is 0.663. The van der Waals surface area contributed by atoms with E-state index in [1.165, 1.54) is 12.1 Å². The quantitative estimate of drug-likeness (QED) is 0.614. The van der Waals surface area contributed by atoms with Crippen LogP contribution in [0.15, 0.2) is 18.2 Å². The Balaban J connectivity index is 2.81. The van der Waals surface area contributed by atoms with Gasteiger partial charge in [0, 0.05) is 6.07 Å². The molecule has 0 bridgehead atoms. The summed E-state index contributed by atoms with van der Waals surface area (Å²) in [6.45, 7) is 6.75. The van der Waals surface area contributed by atoms with Gasteiger partial charge in [-0.25, -0.2) is 0 Å². The third-order valence-corrected chi connectivity index (χ3v) is 3.77. The van der Waals surface area contributed by atoms with Crippen molar-refractivity contribution in [2.24, 2.45) is 5.92 Å². The monoisotopic (exact) mass is 319 g/mol. The summed E-state index contributed by atoms with van der Waals surface area (Å²) < 4.78 is 5.27. The fourth-order valence-electron chi connectivity index (χ4n) is 1.82. The first kappa shape index (κ1) is 18.4. The van der Waals surface area contributed by atoms with Crippen molar-refractivity contribution >= 4 is 11.6 Å². The van der Waals surface area contributed by atoms with Crippen molar-refractivity contribution in [2.75, 3.05) is 6.61 Å². The highest BCUT2D eigenvalue weighted by Crippen LogP contribution is 2.28. The number of benzene rings is 1. The van der Waals surface area contributed by atoms with Gasteiger partial charge < -0.3 is 10.1 Å². The van der Waals surface area contributed by atoms with E-state index in [2.05, 4.69) is 11.4 Å². The van der Waals surface area contributed by atoms with Crippen LogP contribution in [0.3, 0.4) is 0 Å². The molecule has 1 atom stereocenters. The van der Waals surface area contributed by atoms with Crippen LogP contribution in [0, 0.1) is 27.4 Å². The van der Waals surface area contributed by atoms with Crippen molar-refractivity contribution in [3.63, 3.8) is 0 Å². The summed E-state index contributed by atoms with van der Waals surface area (Å²) in [5.74, 6) is -0.559. The molecule has 0 aliphatic carbocycles. The van der Waals surface area contributed by atoms with Gasteiger partial charge in [-0.05, 0) is 30.9 Å². The van der Waals surface area contributed by atoms with Gasteiger partial charge in [0.25, 0.3) is 5.91 Å². The molecule has 0 unspecified atom stereocenters. The topological polar surface area (TPSA) is 105 Å². The van der Waals surface area contributed by atoms with E-state index in [9.17, 15) is 14.9 Å². The molecule has 0 aromatic heterocycles. The molecule has 1 rings (SSSR count). The zero-order valence-corrected chi connectivity index (χ0v) is 13.8. The fraction of sp³-hybridized carbons (Fsp3) is 0.500. The molecule has 1 aromatic rings. The van der Waals surface area contributed by atoms with Crippen LogP contribution < -0.4 is 10.1 Å². The molecular formula is C16H21N3O4. The lowest BCUT2D eigenvalue weighted by atomic mass is 9.90. The third-order valence-electron chi connectivity index (χ3n) is 3.77. The van der Waals surface area contributed by atoms with E-state index in [0.29, 0.717) is 6.42 Å². The summed E-state index contributed by atoms with van der Waals surface area (Å²) in [5.41, 5.74) is -0.382. The first-order valence-electron chi connectivity index (χ1n) is 7.35. The molecule has 23 heavy (non-hydrogen) atoms. The summed E-state index contributed by atoms with van der Waals surface area (Å²) in [6, 6.07) is 6.69. The number of aryl methyl sites for hydroxylation is 1. The van der Waals surface area contributed by atoms with Crippen LogP contribution in [0.1, 0.15) is 33.3 Å². The average molecular weight is 319 g/mol. The largest absolute Gasteiger partial charge is 0.477 e. The van der Waals surface area contributed by atoms with Crippen molar-refractivity contribution in [1.29, 1.82) is 5.26 Å². The zero-order chi connectivity index (χ0) is 17.6. The normalized spacial score (nSPS) is 13.0. The lowest BCUT2D eigenvalue weighted by Gasteiger charge is -2.27. The lowest BCUT2D eigenvalue weighted by molar-refractivity contribution is -0.385. The second-order valence-electron chi connectivity index (χ2n) is 5.72. The Kier molecular flexibility index (Phi) is 6.08. The predicted molar refractivity (Wildman–Crippen MR) is 85.0 cm³/mol. The van der Waals surface area contributed by atoms with Crippen molar-refractivity contribution < 1.29 is 14.5 Å². The highest BCUT2D eigenvalue weighted by Gasteiger charge is 2.30. The number of nitro groups is 1. The van der Waals surface area contributed by atoms with Crippen molar-refractivity contribution in [3.8, 4) is 11.8 Å². The van der Waals surface area contributed by atoms with Crippen molar-refractivity contribution in [3.05, 3.63) is 33.9 Å². The summed E-state index contributed by atoms with van der Waals surface area (Å²) in [7, 11) is 0. The maximum absolute atomic E-state index is 11.9. The molecule has 1 N–H and O–H groups in total. The summed E-state index contributed by atoms with van der Waals surface area (Å²) in [4.78, 5) is 22.5. The number of nitriles is 1. The number of nitrogens with zero attached hydrogens (tertiary/aromatic N) is 2. The molecule has 0 fully saturated rings. The van der Waals surface area contributed by atoms with E-state index >= 15 is 0 Å². The van der Waals surface area contributed by atoms with Gasteiger partial charge in [0.1, 0.15) is 5.54 Å². The molecule has 0 spiro atoms. The van der Waals surface area contributed by atoms with Gasteiger partial charge in [-0.15, -0.1) is 0 Å². The van der Waals surface area contributed by atoms with Crippen molar-refractivity contribution in [2.45, 2.75) is 39.7 Å². The molecule has 7 nitrogen and oxygen atoms in total. The highest BCUT2D eigenvalue weighted by molar-refractivity contribution is 5.79. The molecule has 0 aliphatic heterocycles. The SMILES string of the molecule is CCc1ccc(OCC(=O)N[C@@](C)(C#N)C(C)C)c([N+](=O)[O-])c1. The number of nitro benzene ring substituents is 1. The summed E-state index contributed by atoms with van der Waals surface area (Å²) in [5, 5.41) is 22.8.